The Labute approximate surface area is 118 Å². The zero-order valence-corrected chi connectivity index (χ0v) is 11.6. The molecule has 0 spiro atoms. The Morgan fingerprint density at radius 1 is 0.700 bits per heavy atom. The summed E-state index contributed by atoms with van der Waals surface area (Å²) >= 11 is 0. The van der Waals surface area contributed by atoms with Crippen molar-refractivity contribution in [2.24, 2.45) is 0 Å². The highest BCUT2D eigenvalue weighted by Gasteiger charge is 2.16. The van der Waals surface area contributed by atoms with Crippen LogP contribution in [0.15, 0.2) is 61.2 Å². The van der Waals surface area contributed by atoms with Gasteiger partial charge in [-0.25, -0.2) is 0 Å². The lowest BCUT2D eigenvalue weighted by molar-refractivity contribution is -0.609. The quantitative estimate of drug-likeness (QED) is 0.664. The summed E-state index contributed by atoms with van der Waals surface area (Å²) < 4.78 is 2.23. The molecule has 0 fully saturated rings. The first-order chi connectivity index (χ1) is 9.75. The molecule has 0 unspecified atom stereocenters. The molecule has 0 aliphatic heterocycles. The summed E-state index contributed by atoms with van der Waals surface area (Å²) in [5.41, 5.74) is 5.93. The zero-order chi connectivity index (χ0) is 13.9. The summed E-state index contributed by atoms with van der Waals surface area (Å²) in [7, 11) is 0. The molecule has 3 aromatic rings. The molecule has 0 atom stereocenters. The van der Waals surface area contributed by atoms with Crippen LogP contribution in [0.3, 0.4) is 0 Å². The van der Waals surface area contributed by atoms with E-state index in [0.29, 0.717) is 0 Å². The average molecular weight is 262 g/mol. The predicted molar refractivity (Wildman–Crippen MR) is 78.5 cm³/mol. The van der Waals surface area contributed by atoms with Crippen LogP contribution in [-0.2, 0) is 0 Å². The Balaban J connectivity index is 2.13. The number of hydrogen-bond donors (Lipinski definition) is 0. The molecule has 3 heterocycles. The lowest BCUT2D eigenvalue weighted by Gasteiger charge is -2.07. The minimum atomic E-state index is 1.14. The minimum Gasteiger partial charge on any atom is -0.265 e. The van der Waals surface area contributed by atoms with Crippen molar-refractivity contribution in [3.8, 4) is 16.8 Å². The second-order valence-corrected chi connectivity index (χ2v) is 4.80. The van der Waals surface area contributed by atoms with Gasteiger partial charge in [0.1, 0.15) is 0 Å². The fourth-order valence-corrected chi connectivity index (χ4v) is 2.51. The first-order valence-corrected chi connectivity index (χ1v) is 6.60. The molecular formula is C17H16N3+. The van der Waals surface area contributed by atoms with E-state index >= 15 is 0 Å². The predicted octanol–water partition coefficient (Wildman–Crippen LogP) is 3.04. The Morgan fingerprint density at radius 3 is 1.75 bits per heavy atom. The summed E-state index contributed by atoms with van der Waals surface area (Å²) in [6, 6.07) is 12.5. The number of pyridine rings is 3. The van der Waals surface area contributed by atoms with E-state index in [1.165, 1.54) is 22.5 Å². The number of nitrogens with zero attached hydrogens (tertiary/aromatic N) is 3. The van der Waals surface area contributed by atoms with Crippen molar-refractivity contribution in [3.05, 3.63) is 72.6 Å². The third-order valence-corrected chi connectivity index (χ3v) is 3.37. The average Bonchev–Trinajstić information content (AvgIpc) is 2.48. The van der Waals surface area contributed by atoms with Gasteiger partial charge in [-0.1, -0.05) is 0 Å². The van der Waals surface area contributed by atoms with E-state index in [0.717, 1.165) is 5.69 Å². The van der Waals surface area contributed by atoms with Crippen LogP contribution < -0.4 is 4.57 Å². The first-order valence-electron chi connectivity index (χ1n) is 6.60. The molecule has 0 bridgehead atoms. The van der Waals surface area contributed by atoms with Crippen LogP contribution >= 0.6 is 0 Å². The lowest BCUT2D eigenvalue weighted by Crippen LogP contribution is -2.37. The topological polar surface area (TPSA) is 29.7 Å². The van der Waals surface area contributed by atoms with Crippen LogP contribution in [0.25, 0.3) is 16.8 Å². The van der Waals surface area contributed by atoms with Crippen LogP contribution in [0.1, 0.15) is 11.4 Å². The SMILES string of the molecule is Cc1cc(-c2ccncc2)cc(C)[n+]1-c1ccncc1. The van der Waals surface area contributed by atoms with E-state index in [1.807, 2.05) is 49.1 Å². The first kappa shape index (κ1) is 12.5. The molecule has 0 aromatic carbocycles. The fraction of sp³-hybridized carbons (Fsp3) is 0.118. The molecule has 0 saturated carbocycles. The second-order valence-electron chi connectivity index (χ2n) is 4.80. The maximum Gasteiger partial charge on any atom is 0.214 e. The molecule has 3 aromatic heterocycles. The number of hydrogen-bond acceptors (Lipinski definition) is 2. The highest BCUT2D eigenvalue weighted by Crippen LogP contribution is 2.19. The Hall–Kier alpha value is -2.55. The second kappa shape index (κ2) is 5.21. The largest absolute Gasteiger partial charge is 0.265 e. The monoisotopic (exact) mass is 262 g/mol. The molecule has 98 valence electrons. The van der Waals surface area contributed by atoms with Crippen molar-refractivity contribution in [1.29, 1.82) is 0 Å². The Kier molecular flexibility index (Phi) is 3.25. The summed E-state index contributed by atoms with van der Waals surface area (Å²) in [4.78, 5) is 8.14. The van der Waals surface area contributed by atoms with Gasteiger partial charge in [-0.05, 0) is 23.3 Å². The Morgan fingerprint density at radius 2 is 1.20 bits per heavy atom. The van der Waals surface area contributed by atoms with Crippen molar-refractivity contribution in [2.75, 3.05) is 0 Å². The van der Waals surface area contributed by atoms with Crippen molar-refractivity contribution >= 4 is 0 Å². The van der Waals surface area contributed by atoms with Gasteiger partial charge in [-0.2, -0.15) is 4.57 Å². The van der Waals surface area contributed by atoms with Crippen molar-refractivity contribution in [2.45, 2.75) is 13.8 Å². The molecule has 0 amide bonds. The van der Waals surface area contributed by atoms with E-state index in [1.54, 1.807) is 0 Å². The molecule has 3 rings (SSSR count). The molecule has 3 heteroatoms. The van der Waals surface area contributed by atoms with Gasteiger partial charge in [0.2, 0.25) is 5.69 Å². The zero-order valence-electron chi connectivity index (χ0n) is 11.6. The van der Waals surface area contributed by atoms with Crippen molar-refractivity contribution in [1.82, 2.24) is 9.97 Å². The molecular weight excluding hydrogens is 246 g/mol. The summed E-state index contributed by atoms with van der Waals surface area (Å²) in [6.07, 6.45) is 7.28. The third kappa shape index (κ3) is 2.30. The number of rotatable bonds is 2. The van der Waals surface area contributed by atoms with Crippen molar-refractivity contribution < 1.29 is 4.57 Å². The summed E-state index contributed by atoms with van der Waals surface area (Å²) in [5.74, 6) is 0. The number of aromatic nitrogens is 3. The van der Waals surface area contributed by atoms with Gasteiger partial charge in [0, 0.05) is 62.9 Å². The standard InChI is InChI=1S/C17H16N3/c1-13-11-16(15-3-7-18-8-4-15)12-14(2)20(13)17-5-9-19-10-6-17/h3-12H,1-2H3/q+1. The van der Waals surface area contributed by atoms with Gasteiger partial charge < -0.3 is 0 Å². The highest BCUT2D eigenvalue weighted by atomic mass is 15.0. The van der Waals surface area contributed by atoms with Gasteiger partial charge in [-0.15, -0.1) is 0 Å². The maximum absolute atomic E-state index is 4.08. The van der Waals surface area contributed by atoms with Gasteiger partial charge in [0.15, 0.2) is 11.4 Å². The molecule has 0 aliphatic carbocycles. The van der Waals surface area contributed by atoms with Gasteiger partial charge in [0.05, 0.1) is 0 Å². The smallest absolute Gasteiger partial charge is 0.214 e. The molecule has 3 nitrogen and oxygen atoms in total. The van der Waals surface area contributed by atoms with Gasteiger partial charge in [-0.3, -0.25) is 9.97 Å². The van der Waals surface area contributed by atoms with E-state index in [4.69, 9.17) is 0 Å². The molecule has 0 aliphatic rings. The minimum absolute atomic E-state index is 1.14. The van der Waals surface area contributed by atoms with Crippen LogP contribution in [0.5, 0.6) is 0 Å². The normalized spacial score (nSPS) is 10.5. The molecule has 0 N–H and O–H groups in total. The fourth-order valence-electron chi connectivity index (χ4n) is 2.51. The molecule has 20 heavy (non-hydrogen) atoms. The van der Waals surface area contributed by atoms with E-state index in [2.05, 4.69) is 40.5 Å². The summed E-state index contributed by atoms with van der Waals surface area (Å²) in [6.45, 7) is 4.25. The van der Waals surface area contributed by atoms with Crippen LogP contribution in [0.2, 0.25) is 0 Å². The third-order valence-electron chi connectivity index (χ3n) is 3.37. The lowest BCUT2D eigenvalue weighted by atomic mass is 10.1. The van der Waals surface area contributed by atoms with Gasteiger partial charge >= 0.3 is 0 Å². The van der Waals surface area contributed by atoms with E-state index in [-0.39, 0.29) is 0 Å². The van der Waals surface area contributed by atoms with E-state index in [9.17, 15) is 0 Å². The van der Waals surface area contributed by atoms with E-state index < -0.39 is 0 Å². The van der Waals surface area contributed by atoms with Crippen molar-refractivity contribution in [3.63, 3.8) is 0 Å². The summed E-state index contributed by atoms with van der Waals surface area (Å²) in [5, 5.41) is 0. The highest BCUT2D eigenvalue weighted by molar-refractivity contribution is 5.62. The van der Waals surface area contributed by atoms with Crippen LogP contribution in [0.4, 0.5) is 0 Å². The maximum atomic E-state index is 4.08. The van der Waals surface area contributed by atoms with Gasteiger partial charge in [0.25, 0.3) is 0 Å². The Bertz CT molecular complexity index is 699. The van der Waals surface area contributed by atoms with Crippen LogP contribution in [-0.4, -0.2) is 9.97 Å². The molecule has 0 radical (unpaired) electrons. The van der Waals surface area contributed by atoms with Crippen LogP contribution in [0, 0.1) is 13.8 Å². The molecule has 0 saturated heterocycles. The number of aryl methyl sites for hydroxylation is 2.